The van der Waals surface area contributed by atoms with Crippen molar-refractivity contribution < 1.29 is 23.4 Å². The first-order chi connectivity index (χ1) is 13.3. The van der Waals surface area contributed by atoms with Crippen LogP contribution >= 0.6 is 0 Å². The van der Waals surface area contributed by atoms with Crippen LogP contribution in [0.4, 0.5) is 5.69 Å². The smallest absolute Gasteiger partial charge is 0.291 e. The summed E-state index contributed by atoms with van der Waals surface area (Å²) < 4.78 is 21.5. The zero-order chi connectivity index (χ0) is 18.9. The number of ether oxygens (including phenoxy) is 3. The summed E-state index contributed by atoms with van der Waals surface area (Å²) in [6, 6.07) is 18.2. The minimum absolute atomic E-state index is 0.228. The van der Waals surface area contributed by atoms with Crippen molar-refractivity contribution in [3.05, 3.63) is 78.3 Å². The molecule has 0 aliphatic heterocycles. The van der Waals surface area contributed by atoms with Gasteiger partial charge in [-0.05, 0) is 42.5 Å². The highest BCUT2D eigenvalue weighted by Gasteiger charge is 2.16. The average molecular weight is 367 g/mol. The van der Waals surface area contributed by atoms with Gasteiger partial charge < -0.3 is 23.9 Å². The molecule has 0 aliphatic rings. The van der Waals surface area contributed by atoms with Crippen LogP contribution in [0.2, 0.25) is 0 Å². The summed E-state index contributed by atoms with van der Waals surface area (Å²) in [5, 5.41) is 2.81. The minimum Gasteiger partial charge on any atom is -0.491 e. The maximum absolute atomic E-state index is 12.5. The fourth-order valence-corrected chi connectivity index (χ4v) is 2.39. The van der Waals surface area contributed by atoms with Crippen LogP contribution in [-0.2, 0) is 11.3 Å². The second-order valence-corrected chi connectivity index (χ2v) is 5.70. The van der Waals surface area contributed by atoms with Crippen LogP contribution in [0.1, 0.15) is 16.1 Å². The number of carbonyl (C=O) groups excluding carboxylic acids is 1. The Morgan fingerprint density at radius 1 is 0.926 bits per heavy atom. The number of hydrogen-bond donors (Lipinski definition) is 1. The van der Waals surface area contributed by atoms with Gasteiger partial charge in [0.2, 0.25) is 0 Å². The number of methoxy groups -OCH3 is 1. The van der Waals surface area contributed by atoms with E-state index in [1.165, 1.54) is 6.26 Å². The number of benzene rings is 2. The van der Waals surface area contributed by atoms with Crippen LogP contribution in [-0.4, -0.2) is 26.2 Å². The van der Waals surface area contributed by atoms with Crippen molar-refractivity contribution in [3.63, 3.8) is 0 Å². The lowest BCUT2D eigenvalue weighted by molar-refractivity contribution is 0.0993. The molecule has 6 heteroatoms. The van der Waals surface area contributed by atoms with Crippen LogP contribution in [0, 0.1) is 0 Å². The largest absolute Gasteiger partial charge is 0.491 e. The summed E-state index contributed by atoms with van der Waals surface area (Å²) in [5.41, 5.74) is 1.32. The first-order valence-corrected chi connectivity index (χ1v) is 8.53. The first-order valence-electron chi connectivity index (χ1n) is 8.53. The van der Waals surface area contributed by atoms with Gasteiger partial charge in [-0.2, -0.15) is 0 Å². The Morgan fingerprint density at radius 2 is 1.67 bits per heavy atom. The van der Waals surface area contributed by atoms with E-state index in [2.05, 4.69) is 5.32 Å². The summed E-state index contributed by atoms with van der Waals surface area (Å²) in [6.45, 7) is 1.24. The van der Waals surface area contributed by atoms with Crippen molar-refractivity contribution in [2.75, 3.05) is 25.6 Å². The van der Waals surface area contributed by atoms with Crippen LogP contribution in [0.15, 0.2) is 71.3 Å². The fraction of sp³-hybridized carbons (Fsp3) is 0.190. The minimum atomic E-state index is -0.334. The monoisotopic (exact) mass is 367 g/mol. The van der Waals surface area contributed by atoms with Gasteiger partial charge in [0.1, 0.15) is 24.7 Å². The van der Waals surface area contributed by atoms with E-state index in [0.29, 0.717) is 30.2 Å². The molecule has 140 valence electrons. The van der Waals surface area contributed by atoms with Crippen LogP contribution < -0.4 is 14.8 Å². The summed E-state index contributed by atoms with van der Waals surface area (Å²) >= 11 is 0. The summed E-state index contributed by atoms with van der Waals surface area (Å²) in [4.78, 5) is 12.5. The van der Waals surface area contributed by atoms with Crippen LogP contribution in [0.5, 0.6) is 11.5 Å². The number of nitrogens with one attached hydrogen (secondary N) is 1. The Kier molecular flexibility index (Phi) is 6.49. The molecule has 1 amide bonds. The lowest BCUT2D eigenvalue weighted by Crippen LogP contribution is -2.13. The molecule has 27 heavy (non-hydrogen) atoms. The topological polar surface area (TPSA) is 69.9 Å². The zero-order valence-corrected chi connectivity index (χ0v) is 15.0. The zero-order valence-electron chi connectivity index (χ0n) is 15.0. The molecule has 3 rings (SSSR count). The van der Waals surface area contributed by atoms with Crippen LogP contribution in [0.25, 0.3) is 0 Å². The van der Waals surface area contributed by atoms with Gasteiger partial charge in [0.25, 0.3) is 5.91 Å². The molecule has 0 bridgehead atoms. The second-order valence-electron chi connectivity index (χ2n) is 5.70. The number of carbonyl (C=O) groups is 1. The quantitative estimate of drug-likeness (QED) is 0.576. The number of para-hydroxylation sites is 1. The highest BCUT2D eigenvalue weighted by molar-refractivity contribution is 6.03. The Labute approximate surface area is 157 Å². The molecule has 0 saturated heterocycles. The molecule has 0 aliphatic carbocycles. The average Bonchev–Trinajstić information content (AvgIpc) is 3.17. The molecule has 1 heterocycles. The summed E-state index contributed by atoms with van der Waals surface area (Å²) in [6.07, 6.45) is 1.48. The molecule has 0 radical (unpaired) electrons. The van der Waals surface area contributed by atoms with E-state index < -0.39 is 0 Å². The molecule has 1 N–H and O–H groups in total. The van der Waals surface area contributed by atoms with E-state index in [-0.39, 0.29) is 18.3 Å². The third-order valence-corrected chi connectivity index (χ3v) is 3.76. The number of furan rings is 1. The fourth-order valence-electron chi connectivity index (χ4n) is 2.39. The first kappa shape index (κ1) is 18.5. The van der Waals surface area contributed by atoms with E-state index >= 15 is 0 Å². The number of anilines is 1. The van der Waals surface area contributed by atoms with E-state index in [1.807, 2.05) is 30.3 Å². The van der Waals surface area contributed by atoms with Crippen molar-refractivity contribution in [3.8, 4) is 11.5 Å². The van der Waals surface area contributed by atoms with Crippen LogP contribution in [0.3, 0.4) is 0 Å². The van der Waals surface area contributed by atoms with Gasteiger partial charge in [-0.15, -0.1) is 0 Å². The Morgan fingerprint density at radius 3 is 2.41 bits per heavy atom. The van der Waals surface area contributed by atoms with E-state index in [4.69, 9.17) is 18.6 Å². The van der Waals surface area contributed by atoms with Gasteiger partial charge in [-0.25, -0.2) is 0 Å². The van der Waals surface area contributed by atoms with Crippen molar-refractivity contribution in [1.82, 2.24) is 0 Å². The molecule has 1 aromatic heterocycles. The molecule has 0 atom stereocenters. The standard InChI is InChI=1S/C21H21NO5/c1-24-13-14-25-19-9-7-17(8-10-19)22-21(23)20-16(11-12-26-20)15-27-18-5-3-2-4-6-18/h2-12H,13-15H2,1H3,(H,22,23). The Hall–Kier alpha value is -3.25. The van der Waals surface area contributed by atoms with E-state index in [1.54, 1.807) is 37.4 Å². The maximum Gasteiger partial charge on any atom is 0.291 e. The molecule has 0 saturated carbocycles. The van der Waals surface area contributed by atoms with E-state index in [9.17, 15) is 4.79 Å². The molecule has 6 nitrogen and oxygen atoms in total. The van der Waals surface area contributed by atoms with E-state index in [0.717, 1.165) is 5.75 Å². The lowest BCUT2D eigenvalue weighted by atomic mass is 10.2. The summed E-state index contributed by atoms with van der Waals surface area (Å²) in [7, 11) is 1.62. The molecule has 0 unspecified atom stereocenters. The SMILES string of the molecule is COCCOc1ccc(NC(=O)c2occc2COc2ccccc2)cc1. The Balaban J connectivity index is 1.57. The summed E-state index contributed by atoms with van der Waals surface area (Å²) in [5.74, 6) is 1.33. The maximum atomic E-state index is 12.5. The van der Waals surface area contributed by atoms with Gasteiger partial charge in [0.05, 0.1) is 12.9 Å². The molecule has 2 aromatic carbocycles. The molecule has 0 spiro atoms. The molecule has 3 aromatic rings. The van der Waals surface area contributed by atoms with Crippen molar-refractivity contribution >= 4 is 11.6 Å². The third kappa shape index (κ3) is 5.36. The Bertz CT molecular complexity index is 843. The molecular weight excluding hydrogens is 346 g/mol. The number of hydrogen-bond acceptors (Lipinski definition) is 5. The van der Waals surface area contributed by atoms with Gasteiger partial charge in [-0.3, -0.25) is 4.79 Å². The second kappa shape index (κ2) is 9.45. The number of amides is 1. The highest BCUT2D eigenvalue weighted by atomic mass is 16.5. The highest BCUT2D eigenvalue weighted by Crippen LogP contribution is 2.19. The van der Waals surface area contributed by atoms with Gasteiger partial charge >= 0.3 is 0 Å². The van der Waals surface area contributed by atoms with Gasteiger partial charge in [0, 0.05) is 18.4 Å². The van der Waals surface area contributed by atoms with Gasteiger partial charge in [0.15, 0.2) is 5.76 Å². The predicted octanol–water partition coefficient (Wildman–Crippen LogP) is 4.14. The molecular formula is C21H21NO5. The van der Waals surface area contributed by atoms with Crippen molar-refractivity contribution in [2.24, 2.45) is 0 Å². The predicted molar refractivity (Wildman–Crippen MR) is 101 cm³/mol. The van der Waals surface area contributed by atoms with Crippen molar-refractivity contribution in [2.45, 2.75) is 6.61 Å². The number of rotatable bonds is 9. The normalized spacial score (nSPS) is 10.4. The van der Waals surface area contributed by atoms with Crippen molar-refractivity contribution in [1.29, 1.82) is 0 Å². The lowest BCUT2D eigenvalue weighted by Gasteiger charge is -2.09. The molecule has 0 fully saturated rings. The van der Waals surface area contributed by atoms with Gasteiger partial charge in [-0.1, -0.05) is 18.2 Å². The third-order valence-electron chi connectivity index (χ3n) is 3.76.